The summed E-state index contributed by atoms with van der Waals surface area (Å²) in [6.45, 7) is 0. The van der Waals surface area contributed by atoms with Crippen molar-refractivity contribution >= 4 is 21.7 Å². The summed E-state index contributed by atoms with van der Waals surface area (Å²) < 4.78 is 40.4. The Morgan fingerprint density at radius 2 is 1.59 bits per heavy atom. The molecule has 7 heteroatoms. The first-order valence-electron chi connectivity index (χ1n) is 8.01. The molecule has 5 nitrogen and oxygen atoms in total. The summed E-state index contributed by atoms with van der Waals surface area (Å²) in [4.78, 5) is 10.8. The molecule has 0 saturated carbocycles. The molecule has 0 fully saturated rings. The van der Waals surface area contributed by atoms with Crippen molar-refractivity contribution in [1.82, 2.24) is 0 Å². The number of rotatable bonds is 6. The average molecular weight is 385 g/mol. The van der Waals surface area contributed by atoms with Crippen molar-refractivity contribution in [2.45, 2.75) is 5.75 Å². The summed E-state index contributed by atoms with van der Waals surface area (Å²) in [5.74, 6) is -1.69. The van der Waals surface area contributed by atoms with Gasteiger partial charge in [-0.2, -0.15) is 0 Å². The Hall–Kier alpha value is -3.19. The summed E-state index contributed by atoms with van der Waals surface area (Å²) in [6.07, 6.45) is 0. The van der Waals surface area contributed by atoms with Gasteiger partial charge in [-0.1, -0.05) is 36.4 Å². The number of halogens is 1. The molecule has 0 aliphatic heterocycles. The molecule has 0 unspecified atom stereocenters. The largest absolute Gasteiger partial charge is 0.478 e. The lowest BCUT2D eigenvalue weighted by Crippen LogP contribution is -2.15. The van der Waals surface area contributed by atoms with Crippen LogP contribution in [0.1, 0.15) is 15.9 Å². The fourth-order valence-corrected chi connectivity index (χ4v) is 3.78. The Kier molecular flexibility index (Phi) is 5.23. The molecule has 0 aromatic heterocycles. The lowest BCUT2D eigenvalue weighted by Gasteiger charge is -2.09. The Morgan fingerprint density at radius 1 is 0.926 bits per heavy atom. The molecule has 0 radical (unpaired) electrons. The van der Waals surface area contributed by atoms with Gasteiger partial charge in [-0.25, -0.2) is 17.6 Å². The van der Waals surface area contributed by atoms with E-state index in [1.54, 1.807) is 36.4 Å². The summed E-state index contributed by atoms with van der Waals surface area (Å²) >= 11 is 0. The highest BCUT2D eigenvalue weighted by Gasteiger charge is 2.13. The molecule has 3 aromatic carbocycles. The number of hydrogen-bond acceptors (Lipinski definition) is 3. The average Bonchev–Trinajstić information content (AvgIpc) is 2.62. The normalized spacial score (nSPS) is 11.1. The van der Waals surface area contributed by atoms with E-state index < -0.39 is 16.0 Å². The van der Waals surface area contributed by atoms with Crippen molar-refractivity contribution in [3.05, 3.63) is 89.7 Å². The van der Waals surface area contributed by atoms with Crippen molar-refractivity contribution in [2.75, 3.05) is 4.72 Å². The minimum Gasteiger partial charge on any atom is -0.478 e. The Balaban J connectivity index is 1.71. The monoisotopic (exact) mass is 385 g/mol. The summed E-state index contributed by atoms with van der Waals surface area (Å²) in [5, 5.41) is 8.87. The number of aromatic carboxylic acids is 1. The molecule has 2 N–H and O–H groups in total. The van der Waals surface area contributed by atoms with Crippen molar-refractivity contribution in [3.63, 3.8) is 0 Å². The maximum Gasteiger partial charge on any atom is 0.335 e. The van der Waals surface area contributed by atoms with Crippen LogP contribution in [-0.2, 0) is 15.8 Å². The minimum atomic E-state index is -3.66. The van der Waals surface area contributed by atoms with Gasteiger partial charge in [0.15, 0.2) is 0 Å². The molecule has 0 atom stereocenters. The third kappa shape index (κ3) is 4.92. The number of carboxylic acid groups (broad SMARTS) is 1. The standard InChI is InChI=1S/C20H16FNO4S/c21-18-3-1-2-17(12-18)15-8-10-19(11-9-15)22-27(25,26)13-14-4-6-16(7-5-14)20(23)24/h1-12,22H,13H2,(H,23,24). The quantitative estimate of drug-likeness (QED) is 0.668. The minimum absolute atomic E-state index is 0.0945. The highest BCUT2D eigenvalue weighted by Crippen LogP contribution is 2.23. The molecule has 0 heterocycles. The summed E-state index contributed by atoms with van der Waals surface area (Å²) in [6, 6.07) is 18.4. The van der Waals surface area contributed by atoms with E-state index in [2.05, 4.69) is 4.72 Å². The highest BCUT2D eigenvalue weighted by molar-refractivity contribution is 7.91. The van der Waals surface area contributed by atoms with Gasteiger partial charge in [-0.3, -0.25) is 4.72 Å². The molecule has 0 aliphatic carbocycles. The smallest absolute Gasteiger partial charge is 0.335 e. The van der Waals surface area contributed by atoms with E-state index in [-0.39, 0.29) is 17.1 Å². The zero-order valence-electron chi connectivity index (χ0n) is 14.1. The van der Waals surface area contributed by atoms with E-state index in [1.807, 2.05) is 0 Å². The van der Waals surface area contributed by atoms with Gasteiger partial charge in [0.05, 0.1) is 11.3 Å². The van der Waals surface area contributed by atoms with Crippen LogP contribution in [0.3, 0.4) is 0 Å². The van der Waals surface area contributed by atoms with Crippen LogP contribution in [0.2, 0.25) is 0 Å². The molecule has 0 amide bonds. The van der Waals surface area contributed by atoms with Crippen LogP contribution in [-0.4, -0.2) is 19.5 Å². The van der Waals surface area contributed by atoms with Crippen molar-refractivity contribution in [2.24, 2.45) is 0 Å². The summed E-state index contributed by atoms with van der Waals surface area (Å²) in [5.41, 5.74) is 2.42. The number of benzene rings is 3. The van der Waals surface area contributed by atoms with E-state index in [9.17, 15) is 17.6 Å². The van der Waals surface area contributed by atoms with Crippen LogP contribution in [0, 0.1) is 5.82 Å². The van der Waals surface area contributed by atoms with E-state index in [1.165, 1.54) is 36.4 Å². The van der Waals surface area contributed by atoms with Crippen LogP contribution < -0.4 is 4.72 Å². The zero-order chi connectivity index (χ0) is 19.4. The fraction of sp³-hybridized carbons (Fsp3) is 0.0500. The fourth-order valence-electron chi connectivity index (χ4n) is 2.58. The molecule has 0 aliphatic rings. The Labute approximate surface area is 156 Å². The molecule has 0 saturated heterocycles. The predicted molar refractivity (Wildman–Crippen MR) is 101 cm³/mol. The second-order valence-electron chi connectivity index (χ2n) is 5.95. The van der Waals surface area contributed by atoms with Crippen molar-refractivity contribution in [3.8, 4) is 11.1 Å². The number of anilines is 1. The van der Waals surface area contributed by atoms with Gasteiger partial charge in [-0.05, 0) is 53.1 Å². The van der Waals surface area contributed by atoms with Crippen LogP contribution in [0.15, 0.2) is 72.8 Å². The first kappa shape index (κ1) is 18.6. The number of sulfonamides is 1. The van der Waals surface area contributed by atoms with E-state index in [0.29, 0.717) is 16.8 Å². The van der Waals surface area contributed by atoms with Crippen LogP contribution in [0.4, 0.5) is 10.1 Å². The molecule has 3 rings (SSSR count). The SMILES string of the molecule is O=C(O)c1ccc(CS(=O)(=O)Nc2ccc(-c3cccc(F)c3)cc2)cc1. The lowest BCUT2D eigenvalue weighted by molar-refractivity contribution is 0.0697. The number of nitrogens with one attached hydrogen (secondary N) is 1. The van der Waals surface area contributed by atoms with Gasteiger partial charge in [-0.15, -0.1) is 0 Å². The van der Waals surface area contributed by atoms with E-state index in [0.717, 1.165) is 5.56 Å². The van der Waals surface area contributed by atoms with E-state index >= 15 is 0 Å². The maximum absolute atomic E-state index is 13.3. The molecule has 138 valence electrons. The van der Waals surface area contributed by atoms with Gasteiger partial charge >= 0.3 is 5.97 Å². The van der Waals surface area contributed by atoms with Gasteiger partial charge in [0.2, 0.25) is 10.0 Å². The van der Waals surface area contributed by atoms with Gasteiger partial charge in [0.25, 0.3) is 0 Å². The molecule has 3 aromatic rings. The number of carboxylic acids is 1. The van der Waals surface area contributed by atoms with E-state index in [4.69, 9.17) is 5.11 Å². The third-order valence-corrected chi connectivity index (χ3v) is 5.13. The molecule has 0 spiro atoms. The van der Waals surface area contributed by atoms with Crippen LogP contribution >= 0.6 is 0 Å². The predicted octanol–water partition coefficient (Wildman–Crippen LogP) is 4.13. The highest BCUT2D eigenvalue weighted by atomic mass is 32.2. The zero-order valence-corrected chi connectivity index (χ0v) is 14.9. The third-order valence-electron chi connectivity index (χ3n) is 3.87. The van der Waals surface area contributed by atoms with Crippen molar-refractivity contribution in [1.29, 1.82) is 0 Å². The Bertz CT molecular complexity index is 1060. The molecule has 0 bridgehead atoms. The number of hydrogen-bond donors (Lipinski definition) is 2. The maximum atomic E-state index is 13.3. The van der Waals surface area contributed by atoms with Gasteiger partial charge < -0.3 is 5.11 Å². The molecular weight excluding hydrogens is 369 g/mol. The first-order chi connectivity index (χ1) is 12.8. The second kappa shape index (κ2) is 7.59. The van der Waals surface area contributed by atoms with Gasteiger partial charge in [0, 0.05) is 5.69 Å². The van der Waals surface area contributed by atoms with Crippen LogP contribution in [0.25, 0.3) is 11.1 Å². The first-order valence-corrected chi connectivity index (χ1v) is 9.66. The second-order valence-corrected chi connectivity index (χ2v) is 7.67. The lowest BCUT2D eigenvalue weighted by atomic mass is 10.1. The van der Waals surface area contributed by atoms with Crippen LogP contribution in [0.5, 0.6) is 0 Å². The topological polar surface area (TPSA) is 83.5 Å². The molecule has 27 heavy (non-hydrogen) atoms. The summed E-state index contributed by atoms with van der Waals surface area (Å²) in [7, 11) is -3.66. The number of carbonyl (C=O) groups is 1. The molecular formula is C20H16FNO4S. The Morgan fingerprint density at radius 3 is 2.19 bits per heavy atom. The van der Waals surface area contributed by atoms with Gasteiger partial charge in [0.1, 0.15) is 5.82 Å². The van der Waals surface area contributed by atoms with Crippen molar-refractivity contribution < 1.29 is 22.7 Å².